The Kier molecular flexibility index (Phi) is 11.2. The molecule has 0 aliphatic carbocycles. The summed E-state index contributed by atoms with van der Waals surface area (Å²) < 4.78 is 0. The Hall–Kier alpha value is -2.95. The minimum absolute atomic E-state index is 0.0354. The second-order valence-electron chi connectivity index (χ2n) is 8.27. The number of rotatable bonds is 15. The topological polar surface area (TPSA) is 83.5 Å². The van der Waals surface area contributed by atoms with Crippen LogP contribution < -0.4 is 5.32 Å². The van der Waals surface area contributed by atoms with Crippen LogP contribution in [0.4, 0.5) is 5.69 Å². The Morgan fingerprint density at radius 3 is 1.88 bits per heavy atom. The third-order valence-electron chi connectivity index (χ3n) is 5.57. The predicted molar refractivity (Wildman–Crippen MR) is 128 cm³/mol. The van der Waals surface area contributed by atoms with Gasteiger partial charge in [-0.25, -0.2) is 0 Å². The first kappa shape index (κ1) is 25.3. The zero-order valence-corrected chi connectivity index (χ0v) is 19.1. The lowest BCUT2D eigenvalue weighted by Crippen LogP contribution is -2.12. The number of Topliss-reactive ketones (excluding diaryl/α,β-unsaturated/α-hetero) is 1. The predicted octanol–water partition coefficient (Wildman–Crippen LogP) is 6.67. The van der Waals surface area contributed by atoms with E-state index in [1.807, 2.05) is 24.3 Å². The molecule has 32 heavy (non-hydrogen) atoms. The van der Waals surface area contributed by atoms with Gasteiger partial charge in [0.25, 0.3) is 5.91 Å². The molecule has 0 radical (unpaired) electrons. The molecule has 0 atom stereocenters. The Morgan fingerprint density at radius 2 is 1.28 bits per heavy atom. The maximum atomic E-state index is 12.5. The zero-order chi connectivity index (χ0) is 23.2. The minimum atomic E-state index is -0.994. The second-order valence-corrected chi connectivity index (χ2v) is 8.27. The fourth-order valence-electron chi connectivity index (χ4n) is 3.59. The number of benzene rings is 2. The minimum Gasteiger partial charge on any atom is -0.481 e. The number of nitrogens with one attached hydrogen (secondary N) is 1. The van der Waals surface area contributed by atoms with Gasteiger partial charge in [-0.15, -0.1) is 0 Å². The molecule has 1 amide bonds. The quantitative estimate of drug-likeness (QED) is 0.241. The van der Waals surface area contributed by atoms with E-state index in [0.717, 1.165) is 6.42 Å². The van der Waals surface area contributed by atoms with E-state index in [0.29, 0.717) is 16.8 Å². The number of aliphatic carboxylic acids is 1. The number of unbranched alkanes of at least 4 members (excludes halogenated alkanes) is 7. The smallest absolute Gasteiger partial charge is 0.303 e. The van der Waals surface area contributed by atoms with Crippen molar-refractivity contribution in [3.63, 3.8) is 0 Å². The van der Waals surface area contributed by atoms with Gasteiger partial charge in [0.05, 0.1) is 6.42 Å². The Morgan fingerprint density at radius 1 is 0.719 bits per heavy atom. The second kappa shape index (κ2) is 14.2. The van der Waals surface area contributed by atoms with Crippen molar-refractivity contribution in [1.29, 1.82) is 0 Å². The average molecular weight is 438 g/mol. The van der Waals surface area contributed by atoms with Gasteiger partial charge in [0.1, 0.15) is 0 Å². The van der Waals surface area contributed by atoms with Gasteiger partial charge in [-0.2, -0.15) is 0 Å². The third kappa shape index (κ3) is 9.46. The molecule has 0 bridgehead atoms. The van der Waals surface area contributed by atoms with E-state index in [-0.39, 0.29) is 24.5 Å². The highest BCUT2D eigenvalue weighted by Gasteiger charge is 2.10. The molecule has 0 aliphatic rings. The van der Waals surface area contributed by atoms with E-state index in [9.17, 15) is 14.4 Å². The first-order valence-electron chi connectivity index (χ1n) is 11.7. The van der Waals surface area contributed by atoms with Crippen molar-refractivity contribution >= 4 is 23.3 Å². The van der Waals surface area contributed by atoms with Crippen LogP contribution in [0, 0.1) is 0 Å². The summed E-state index contributed by atoms with van der Waals surface area (Å²) in [5.41, 5.74) is 2.87. The molecular formula is C27H35NO4. The molecule has 0 saturated heterocycles. The summed E-state index contributed by atoms with van der Waals surface area (Å²) in [6.07, 6.45) is 11.2. The normalized spacial score (nSPS) is 10.7. The zero-order valence-electron chi connectivity index (χ0n) is 19.1. The van der Waals surface area contributed by atoms with Crippen LogP contribution in [0.5, 0.6) is 0 Å². The van der Waals surface area contributed by atoms with Crippen molar-refractivity contribution in [1.82, 2.24) is 0 Å². The van der Waals surface area contributed by atoms with Crippen molar-refractivity contribution < 1.29 is 19.5 Å². The highest BCUT2D eigenvalue weighted by molar-refractivity contribution is 6.04. The first-order valence-corrected chi connectivity index (χ1v) is 11.7. The van der Waals surface area contributed by atoms with Gasteiger partial charge in [0.15, 0.2) is 5.78 Å². The molecule has 2 aromatic rings. The number of carbonyl (C=O) groups excluding carboxylic acids is 2. The Bertz CT molecular complexity index is 856. The van der Waals surface area contributed by atoms with Crippen molar-refractivity contribution in [2.45, 2.75) is 77.6 Å². The van der Waals surface area contributed by atoms with Gasteiger partial charge >= 0.3 is 5.97 Å². The molecule has 2 aromatic carbocycles. The summed E-state index contributed by atoms with van der Waals surface area (Å²) in [6.45, 7) is 2.24. The highest BCUT2D eigenvalue weighted by atomic mass is 16.4. The maximum Gasteiger partial charge on any atom is 0.303 e. The lowest BCUT2D eigenvalue weighted by molar-refractivity contribution is -0.136. The molecule has 0 heterocycles. The third-order valence-corrected chi connectivity index (χ3v) is 5.57. The van der Waals surface area contributed by atoms with E-state index in [1.54, 1.807) is 24.3 Å². The first-order chi connectivity index (χ1) is 15.5. The fraction of sp³-hybridized carbons (Fsp3) is 0.444. The molecule has 2 rings (SSSR count). The number of amides is 1. The molecule has 5 nitrogen and oxygen atoms in total. The van der Waals surface area contributed by atoms with Gasteiger partial charge in [-0.3, -0.25) is 14.4 Å². The lowest BCUT2D eigenvalue weighted by atomic mass is 10.0. The van der Waals surface area contributed by atoms with Crippen molar-refractivity contribution in [3.8, 4) is 0 Å². The van der Waals surface area contributed by atoms with Crippen LogP contribution >= 0.6 is 0 Å². The monoisotopic (exact) mass is 437 g/mol. The number of anilines is 1. The molecule has 5 heteroatoms. The van der Waals surface area contributed by atoms with Crippen LogP contribution in [0.2, 0.25) is 0 Å². The molecule has 0 saturated carbocycles. The molecular weight excluding hydrogens is 402 g/mol. The number of carboxylic acids is 1. The van der Waals surface area contributed by atoms with Crippen LogP contribution in [0.15, 0.2) is 48.5 Å². The number of carboxylic acid groups (broad SMARTS) is 1. The molecule has 172 valence electrons. The maximum absolute atomic E-state index is 12.5. The average Bonchev–Trinajstić information content (AvgIpc) is 2.80. The number of aryl methyl sites for hydroxylation is 1. The lowest BCUT2D eigenvalue weighted by Gasteiger charge is -2.08. The van der Waals surface area contributed by atoms with Crippen LogP contribution in [-0.2, 0) is 11.2 Å². The Balaban J connectivity index is 1.74. The van der Waals surface area contributed by atoms with Crippen molar-refractivity contribution in [2.75, 3.05) is 5.32 Å². The number of ketones is 1. The van der Waals surface area contributed by atoms with Gasteiger partial charge in [-0.1, -0.05) is 64.0 Å². The fourth-order valence-corrected chi connectivity index (χ4v) is 3.59. The van der Waals surface area contributed by atoms with Crippen molar-refractivity contribution in [2.24, 2.45) is 0 Å². The molecule has 2 N–H and O–H groups in total. The van der Waals surface area contributed by atoms with E-state index >= 15 is 0 Å². The summed E-state index contributed by atoms with van der Waals surface area (Å²) in [5.74, 6) is -1.42. The van der Waals surface area contributed by atoms with E-state index in [1.165, 1.54) is 56.9 Å². The van der Waals surface area contributed by atoms with Gasteiger partial charge in [0.2, 0.25) is 0 Å². The molecule has 0 aromatic heterocycles. The molecule has 0 unspecified atom stereocenters. The molecule has 0 aliphatic heterocycles. The van der Waals surface area contributed by atoms with Gasteiger partial charge in [-0.05, 0) is 54.8 Å². The van der Waals surface area contributed by atoms with E-state index < -0.39 is 5.97 Å². The number of carbonyl (C=O) groups is 3. The Labute approximate surface area is 191 Å². The summed E-state index contributed by atoms with van der Waals surface area (Å²) in [7, 11) is 0. The van der Waals surface area contributed by atoms with Crippen LogP contribution in [0.1, 0.15) is 97.4 Å². The van der Waals surface area contributed by atoms with E-state index in [4.69, 9.17) is 5.11 Å². The van der Waals surface area contributed by atoms with Gasteiger partial charge < -0.3 is 10.4 Å². The summed E-state index contributed by atoms with van der Waals surface area (Å²) >= 11 is 0. The molecule has 0 spiro atoms. The van der Waals surface area contributed by atoms with Crippen LogP contribution in [0.25, 0.3) is 0 Å². The summed E-state index contributed by atoms with van der Waals surface area (Å²) in [4.78, 5) is 35.0. The summed E-state index contributed by atoms with van der Waals surface area (Å²) in [5, 5.41) is 11.5. The standard InChI is InChI=1S/C27H35NO4/c1-2-3-4-5-6-7-8-9-10-21-11-13-23(14-12-21)27(32)28-24-17-15-22(16-18-24)25(29)19-20-26(30)31/h11-18H,2-10,19-20H2,1H3,(H,28,32)(H,30,31). The van der Waals surface area contributed by atoms with Crippen LogP contribution in [0.3, 0.4) is 0 Å². The van der Waals surface area contributed by atoms with Crippen LogP contribution in [-0.4, -0.2) is 22.8 Å². The largest absolute Gasteiger partial charge is 0.481 e. The molecule has 0 fully saturated rings. The highest BCUT2D eigenvalue weighted by Crippen LogP contribution is 2.15. The van der Waals surface area contributed by atoms with Gasteiger partial charge in [0, 0.05) is 23.2 Å². The number of hydrogen-bond donors (Lipinski definition) is 2. The summed E-state index contributed by atoms with van der Waals surface area (Å²) in [6, 6.07) is 14.2. The van der Waals surface area contributed by atoms with Crippen molar-refractivity contribution in [3.05, 3.63) is 65.2 Å². The van der Waals surface area contributed by atoms with E-state index in [2.05, 4.69) is 12.2 Å². The number of hydrogen-bond acceptors (Lipinski definition) is 3. The SMILES string of the molecule is CCCCCCCCCCc1ccc(C(=O)Nc2ccc(C(=O)CCC(=O)O)cc2)cc1.